The first-order valence-corrected chi connectivity index (χ1v) is 5.12. The van der Waals surface area contributed by atoms with Crippen LogP contribution in [0.25, 0.3) is 0 Å². The van der Waals surface area contributed by atoms with Crippen LogP contribution in [0, 0.1) is 0 Å². The van der Waals surface area contributed by atoms with Crippen LogP contribution in [0.1, 0.15) is 33.6 Å². The van der Waals surface area contributed by atoms with Gasteiger partial charge in [-0.3, -0.25) is 4.90 Å². The monoisotopic (exact) mass is 171 g/mol. The van der Waals surface area contributed by atoms with E-state index < -0.39 is 0 Å². The molecule has 1 aliphatic heterocycles. The molecule has 72 valence electrons. The zero-order chi connectivity index (χ0) is 9.03. The highest BCUT2D eigenvalue weighted by atomic mass is 16.5. The van der Waals surface area contributed by atoms with Gasteiger partial charge in [0.25, 0.3) is 0 Å². The van der Waals surface area contributed by atoms with Crippen molar-refractivity contribution in [2.24, 2.45) is 0 Å². The maximum absolute atomic E-state index is 5.85. The molecule has 0 aliphatic carbocycles. The lowest BCUT2D eigenvalue weighted by Crippen LogP contribution is -2.50. The second-order valence-corrected chi connectivity index (χ2v) is 3.61. The summed E-state index contributed by atoms with van der Waals surface area (Å²) in [6, 6.07) is 0. The molecule has 0 radical (unpaired) electrons. The zero-order valence-corrected chi connectivity index (χ0v) is 8.60. The maximum atomic E-state index is 5.85. The smallest absolute Gasteiger partial charge is 0.0804 e. The fourth-order valence-corrected chi connectivity index (χ4v) is 1.87. The number of hydrogen-bond donors (Lipinski definition) is 0. The average Bonchev–Trinajstić information content (AvgIpc) is 2.18. The van der Waals surface area contributed by atoms with Gasteiger partial charge in [-0.25, -0.2) is 0 Å². The lowest BCUT2D eigenvalue weighted by molar-refractivity contribution is -0.112. The normalized spacial score (nSPS) is 24.2. The second kappa shape index (κ2) is 4.24. The third-order valence-electron chi connectivity index (χ3n) is 3.06. The van der Waals surface area contributed by atoms with Gasteiger partial charge in [0.15, 0.2) is 0 Å². The van der Waals surface area contributed by atoms with Gasteiger partial charge in [0.1, 0.15) is 0 Å². The molecule has 1 saturated heterocycles. The summed E-state index contributed by atoms with van der Waals surface area (Å²) in [7, 11) is 0. The van der Waals surface area contributed by atoms with Crippen LogP contribution in [0.3, 0.4) is 0 Å². The number of ether oxygens (including phenoxy) is 1. The van der Waals surface area contributed by atoms with Gasteiger partial charge in [0, 0.05) is 13.1 Å². The summed E-state index contributed by atoms with van der Waals surface area (Å²) in [5, 5.41) is 0. The Labute approximate surface area is 75.9 Å². The Morgan fingerprint density at radius 1 is 1.25 bits per heavy atom. The molecular weight excluding hydrogens is 150 g/mol. The predicted molar refractivity (Wildman–Crippen MR) is 51.4 cm³/mol. The first-order chi connectivity index (χ1) is 5.76. The predicted octanol–water partition coefficient (Wildman–Crippen LogP) is 1.90. The van der Waals surface area contributed by atoms with Crippen LogP contribution in [0.5, 0.6) is 0 Å². The van der Waals surface area contributed by atoms with E-state index in [1.54, 1.807) is 0 Å². The van der Waals surface area contributed by atoms with Crippen molar-refractivity contribution in [3.05, 3.63) is 0 Å². The van der Waals surface area contributed by atoms with E-state index in [2.05, 4.69) is 25.7 Å². The number of rotatable bonds is 3. The third-order valence-corrected chi connectivity index (χ3v) is 3.06. The van der Waals surface area contributed by atoms with E-state index in [-0.39, 0.29) is 5.60 Å². The molecule has 2 heteroatoms. The van der Waals surface area contributed by atoms with Crippen LogP contribution in [0.2, 0.25) is 0 Å². The summed E-state index contributed by atoms with van der Waals surface area (Å²) in [6.07, 6.45) is 2.28. The molecule has 0 unspecified atom stereocenters. The molecule has 0 atom stereocenters. The first kappa shape index (κ1) is 10.0. The molecule has 1 aliphatic rings. The minimum Gasteiger partial charge on any atom is -0.372 e. The molecule has 0 bridgehead atoms. The van der Waals surface area contributed by atoms with Gasteiger partial charge in [-0.2, -0.15) is 0 Å². The lowest BCUT2D eigenvalue weighted by Gasteiger charge is -2.41. The number of likely N-dealkylation sites (N-methyl/N-ethyl adjacent to an activating group) is 1. The summed E-state index contributed by atoms with van der Waals surface area (Å²) in [5.41, 5.74) is 0.161. The highest BCUT2D eigenvalue weighted by Crippen LogP contribution is 2.24. The van der Waals surface area contributed by atoms with Gasteiger partial charge >= 0.3 is 0 Å². The van der Waals surface area contributed by atoms with Gasteiger partial charge in [-0.05, 0) is 19.4 Å². The van der Waals surface area contributed by atoms with E-state index >= 15 is 0 Å². The summed E-state index contributed by atoms with van der Waals surface area (Å²) < 4.78 is 5.85. The summed E-state index contributed by atoms with van der Waals surface area (Å²) in [6.45, 7) is 11.0. The van der Waals surface area contributed by atoms with E-state index in [1.165, 1.54) is 0 Å². The van der Waals surface area contributed by atoms with Crippen molar-refractivity contribution in [1.29, 1.82) is 0 Å². The Kier molecular flexibility index (Phi) is 3.53. The van der Waals surface area contributed by atoms with Gasteiger partial charge in [-0.1, -0.05) is 20.8 Å². The zero-order valence-electron chi connectivity index (χ0n) is 8.60. The van der Waals surface area contributed by atoms with Crippen LogP contribution in [-0.2, 0) is 4.74 Å². The summed E-state index contributed by atoms with van der Waals surface area (Å²) >= 11 is 0. The molecule has 0 aromatic heterocycles. The van der Waals surface area contributed by atoms with Gasteiger partial charge in [0.05, 0.1) is 12.2 Å². The van der Waals surface area contributed by atoms with Crippen molar-refractivity contribution in [1.82, 2.24) is 4.90 Å². The molecule has 0 saturated carbocycles. The van der Waals surface area contributed by atoms with E-state index in [9.17, 15) is 0 Å². The molecule has 0 spiro atoms. The van der Waals surface area contributed by atoms with Crippen LogP contribution in [0.4, 0.5) is 0 Å². The quantitative estimate of drug-likeness (QED) is 0.643. The molecular formula is C10H21NO. The molecule has 0 aromatic carbocycles. The van der Waals surface area contributed by atoms with Gasteiger partial charge < -0.3 is 4.74 Å². The topological polar surface area (TPSA) is 12.5 Å². The van der Waals surface area contributed by atoms with Crippen molar-refractivity contribution in [3.8, 4) is 0 Å². The van der Waals surface area contributed by atoms with E-state index in [0.29, 0.717) is 0 Å². The molecule has 2 nitrogen and oxygen atoms in total. The molecule has 1 fully saturated rings. The Morgan fingerprint density at radius 2 is 1.92 bits per heavy atom. The Hall–Kier alpha value is -0.0800. The molecule has 0 aromatic rings. The average molecular weight is 171 g/mol. The molecule has 1 heterocycles. The minimum absolute atomic E-state index is 0.161. The summed E-state index contributed by atoms with van der Waals surface area (Å²) in [4.78, 5) is 2.48. The number of morpholine rings is 1. The minimum atomic E-state index is 0.161. The van der Waals surface area contributed by atoms with Crippen molar-refractivity contribution in [2.45, 2.75) is 39.2 Å². The largest absolute Gasteiger partial charge is 0.372 e. The second-order valence-electron chi connectivity index (χ2n) is 3.61. The van der Waals surface area contributed by atoms with Gasteiger partial charge in [0.2, 0.25) is 0 Å². The van der Waals surface area contributed by atoms with Crippen molar-refractivity contribution in [3.63, 3.8) is 0 Å². The molecule has 12 heavy (non-hydrogen) atoms. The molecule has 0 amide bonds. The highest BCUT2D eigenvalue weighted by molar-refractivity contribution is 4.84. The third kappa shape index (κ3) is 1.99. The van der Waals surface area contributed by atoms with Crippen molar-refractivity contribution < 1.29 is 4.74 Å². The van der Waals surface area contributed by atoms with E-state index in [1.807, 2.05) is 0 Å². The standard InChI is InChI=1S/C10H21NO/c1-4-10(5-2)9-11(6-3)7-8-12-10/h4-9H2,1-3H3. The fraction of sp³-hybridized carbons (Fsp3) is 1.00. The summed E-state index contributed by atoms with van der Waals surface area (Å²) in [5.74, 6) is 0. The van der Waals surface area contributed by atoms with Gasteiger partial charge in [-0.15, -0.1) is 0 Å². The Morgan fingerprint density at radius 3 is 2.42 bits per heavy atom. The fourth-order valence-electron chi connectivity index (χ4n) is 1.87. The Balaban J connectivity index is 2.52. The SMILES string of the molecule is CCN1CCOC(CC)(CC)C1. The van der Waals surface area contributed by atoms with Crippen molar-refractivity contribution >= 4 is 0 Å². The Bertz CT molecular complexity index is 132. The van der Waals surface area contributed by atoms with Crippen molar-refractivity contribution in [2.75, 3.05) is 26.2 Å². The maximum Gasteiger partial charge on any atom is 0.0804 e. The molecule has 0 N–H and O–H groups in total. The highest BCUT2D eigenvalue weighted by Gasteiger charge is 2.32. The number of nitrogens with zero attached hydrogens (tertiary/aromatic N) is 1. The van der Waals surface area contributed by atoms with Crippen LogP contribution >= 0.6 is 0 Å². The van der Waals surface area contributed by atoms with Crippen LogP contribution in [0.15, 0.2) is 0 Å². The number of hydrogen-bond acceptors (Lipinski definition) is 2. The van der Waals surface area contributed by atoms with E-state index in [4.69, 9.17) is 4.74 Å². The lowest BCUT2D eigenvalue weighted by atomic mass is 9.95. The van der Waals surface area contributed by atoms with Crippen LogP contribution in [-0.4, -0.2) is 36.7 Å². The van der Waals surface area contributed by atoms with Crippen LogP contribution < -0.4 is 0 Å². The first-order valence-electron chi connectivity index (χ1n) is 5.12. The molecule has 1 rings (SSSR count). The van der Waals surface area contributed by atoms with E-state index in [0.717, 1.165) is 39.1 Å².